The predicted octanol–water partition coefficient (Wildman–Crippen LogP) is 6.79. The van der Waals surface area contributed by atoms with E-state index in [2.05, 4.69) is 6.92 Å². The Kier molecular flexibility index (Phi) is 5.85. The van der Waals surface area contributed by atoms with E-state index in [9.17, 15) is 0 Å². The van der Waals surface area contributed by atoms with Crippen LogP contribution in [0.1, 0.15) is 74.3 Å². The highest BCUT2D eigenvalue weighted by atomic mass is 32.1. The molecule has 3 heteroatoms. The maximum absolute atomic E-state index is 2.39. The summed E-state index contributed by atoms with van der Waals surface area (Å²) in [5.74, 6) is 0.960. The fourth-order valence-corrected chi connectivity index (χ4v) is 9.83. The molecule has 1 unspecified atom stereocenters. The Morgan fingerprint density at radius 2 is 1.50 bits per heavy atom. The van der Waals surface area contributed by atoms with Gasteiger partial charge in [-0.3, -0.25) is 0 Å². The van der Waals surface area contributed by atoms with Crippen LogP contribution in [0.5, 0.6) is 0 Å². The molecule has 1 aliphatic rings. The SMILES string of the molecule is Cc1[pH]ppc1C1CCCCCCCCC1. The first-order valence-electron chi connectivity index (χ1n) is 6.75. The van der Waals surface area contributed by atoms with Gasteiger partial charge in [-0.15, -0.1) is 7.87 Å². The molecule has 1 aromatic rings. The van der Waals surface area contributed by atoms with Gasteiger partial charge in [0.25, 0.3) is 0 Å². The van der Waals surface area contributed by atoms with Gasteiger partial charge in [0.15, 0.2) is 0 Å². The first-order chi connectivity index (χ1) is 7.88. The van der Waals surface area contributed by atoms with Crippen LogP contribution in [-0.2, 0) is 0 Å². The van der Waals surface area contributed by atoms with E-state index in [4.69, 9.17) is 0 Å². The van der Waals surface area contributed by atoms with Gasteiger partial charge in [-0.1, -0.05) is 44.9 Å². The molecular weight excluding hydrogens is 249 g/mol. The molecule has 0 radical (unpaired) electrons. The molecule has 0 N–H and O–H groups in total. The molecule has 0 bridgehead atoms. The summed E-state index contributed by atoms with van der Waals surface area (Å²) in [4.78, 5) is 0. The summed E-state index contributed by atoms with van der Waals surface area (Å²) >= 11 is 0. The van der Waals surface area contributed by atoms with Gasteiger partial charge in [-0.25, -0.2) is 0 Å². The number of aryl methyl sites for hydroxylation is 1. The van der Waals surface area contributed by atoms with E-state index in [0.29, 0.717) is 0 Å². The molecule has 1 aromatic heterocycles. The zero-order valence-electron chi connectivity index (χ0n) is 10.3. The number of hydrogen-bond acceptors (Lipinski definition) is 0. The minimum atomic E-state index is 0.960. The van der Waals surface area contributed by atoms with Crippen molar-refractivity contribution in [1.29, 1.82) is 0 Å². The third-order valence-electron chi connectivity index (χ3n) is 3.75. The molecule has 0 nitrogen and oxygen atoms in total. The lowest BCUT2D eigenvalue weighted by atomic mass is 9.91. The van der Waals surface area contributed by atoms with Gasteiger partial charge in [-0.2, -0.15) is 0 Å². The molecule has 2 rings (SSSR count). The summed E-state index contributed by atoms with van der Waals surface area (Å²) in [6, 6.07) is 0. The van der Waals surface area contributed by atoms with Gasteiger partial charge in [0, 0.05) is 0 Å². The van der Waals surface area contributed by atoms with E-state index in [1.807, 2.05) is 5.30 Å². The minimum absolute atomic E-state index is 0.960. The van der Waals surface area contributed by atoms with Crippen LogP contribution in [0.15, 0.2) is 0 Å². The van der Waals surface area contributed by atoms with Crippen LogP contribution in [0.4, 0.5) is 0 Å². The second-order valence-electron chi connectivity index (χ2n) is 5.07. The molecule has 1 saturated carbocycles. The highest BCUT2D eigenvalue weighted by Gasteiger charge is 2.15. The lowest BCUT2D eigenvalue weighted by Crippen LogP contribution is -2.00. The topological polar surface area (TPSA) is 0 Å². The molecule has 0 aromatic carbocycles. The van der Waals surface area contributed by atoms with Crippen LogP contribution in [-0.4, -0.2) is 0 Å². The summed E-state index contributed by atoms with van der Waals surface area (Å²) in [5, 5.41) is 3.60. The van der Waals surface area contributed by atoms with Crippen LogP contribution in [0, 0.1) is 6.92 Å². The van der Waals surface area contributed by atoms with Gasteiger partial charge >= 0.3 is 0 Å². The summed E-state index contributed by atoms with van der Waals surface area (Å²) in [6.45, 7) is 2.39. The van der Waals surface area contributed by atoms with Crippen molar-refractivity contribution in [2.45, 2.75) is 70.6 Å². The maximum atomic E-state index is 2.39. The van der Waals surface area contributed by atoms with Crippen molar-refractivity contribution in [3.63, 3.8) is 0 Å². The Morgan fingerprint density at radius 3 is 2.00 bits per heavy atom. The quantitative estimate of drug-likeness (QED) is 0.527. The fraction of sp³-hybridized carbons (Fsp3) is 0.846. The van der Waals surface area contributed by atoms with Crippen molar-refractivity contribution in [3.05, 3.63) is 10.6 Å². The molecule has 16 heavy (non-hydrogen) atoms. The number of hydrogen-bond donors (Lipinski definition) is 0. The van der Waals surface area contributed by atoms with Crippen LogP contribution < -0.4 is 0 Å². The van der Waals surface area contributed by atoms with Gasteiger partial charge in [-0.05, 0) is 51.7 Å². The average Bonchev–Trinajstić information content (AvgIpc) is 2.72. The lowest BCUT2D eigenvalue weighted by molar-refractivity contribution is 0.466. The maximum Gasteiger partial charge on any atom is -0.00573 e. The minimum Gasteiger partial charge on any atom is -0.102 e. The Bertz CT molecular complexity index is 296. The Balaban J connectivity index is 1.97. The first kappa shape index (κ1) is 13.1. The zero-order valence-corrected chi connectivity index (χ0v) is 13.1. The van der Waals surface area contributed by atoms with E-state index in [-0.39, 0.29) is 0 Å². The Labute approximate surface area is 105 Å². The molecule has 90 valence electrons. The van der Waals surface area contributed by atoms with Crippen molar-refractivity contribution in [2.24, 2.45) is 0 Å². The number of rotatable bonds is 1. The Morgan fingerprint density at radius 1 is 0.938 bits per heavy atom. The molecule has 1 atom stereocenters. The van der Waals surface area contributed by atoms with Crippen LogP contribution in [0.2, 0.25) is 0 Å². The monoisotopic (exact) mass is 272 g/mol. The normalized spacial score (nSPS) is 22.3. The summed E-state index contributed by atoms with van der Waals surface area (Å²) in [6.07, 6.45) is 13.4. The molecule has 1 heterocycles. The van der Waals surface area contributed by atoms with Crippen LogP contribution in [0.25, 0.3) is 0 Å². The van der Waals surface area contributed by atoms with Crippen molar-refractivity contribution in [3.8, 4) is 0 Å². The molecule has 1 aliphatic carbocycles. The highest BCUT2D eigenvalue weighted by Crippen LogP contribution is 2.47. The second-order valence-corrected chi connectivity index (χ2v) is 10.6. The highest BCUT2D eigenvalue weighted by molar-refractivity contribution is 8.17. The molecule has 1 fully saturated rings. The van der Waals surface area contributed by atoms with E-state index in [1.54, 1.807) is 20.7 Å². The average molecular weight is 272 g/mol. The van der Waals surface area contributed by atoms with Gasteiger partial charge < -0.3 is 0 Å². The van der Waals surface area contributed by atoms with Crippen LogP contribution in [0.3, 0.4) is 0 Å². The van der Waals surface area contributed by atoms with E-state index in [1.165, 1.54) is 57.8 Å². The second kappa shape index (κ2) is 7.16. The third kappa shape index (κ3) is 3.84. The van der Waals surface area contributed by atoms with Gasteiger partial charge in [0.2, 0.25) is 0 Å². The van der Waals surface area contributed by atoms with E-state index >= 15 is 0 Å². The summed E-state index contributed by atoms with van der Waals surface area (Å²) < 4.78 is 0. The first-order valence-corrected chi connectivity index (χ1v) is 11.1. The molecule has 0 spiro atoms. The lowest BCUT2D eigenvalue weighted by Gasteiger charge is -2.18. The predicted molar refractivity (Wildman–Crippen MR) is 80.0 cm³/mol. The zero-order chi connectivity index (χ0) is 11.2. The van der Waals surface area contributed by atoms with Crippen molar-refractivity contribution in [1.82, 2.24) is 0 Å². The summed E-state index contributed by atoms with van der Waals surface area (Å²) in [5.41, 5.74) is 0. The molecular formula is C13H23P3. The molecule has 0 saturated heterocycles. The fourth-order valence-electron chi connectivity index (χ4n) is 2.76. The van der Waals surface area contributed by atoms with E-state index < -0.39 is 0 Å². The standard InChI is InChI=1S/C13H23P3/c1-11-13(15-16-14-11)12-9-7-5-3-2-4-6-8-10-12/h12,14H,2-10H2,1H3. The Hall–Kier alpha value is 0.640. The summed E-state index contributed by atoms with van der Waals surface area (Å²) in [7, 11) is 4.45. The molecule has 0 amide bonds. The largest absolute Gasteiger partial charge is 0.102 e. The third-order valence-corrected chi connectivity index (χ3v) is 9.74. The van der Waals surface area contributed by atoms with E-state index in [0.717, 1.165) is 13.8 Å². The van der Waals surface area contributed by atoms with Crippen molar-refractivity contribution < 1.29 is 0 Å². The van der Waals surface area contributed by atoms with Crippen LogP contribution >= 0.6 is 23.3 Å². The van der Waals surface area contributed by atoms with Gasteiger partial charge in [0.05, 0.1) is 0 Å². The van der Waals surface area contributed by atoms with Gasteiger partial charge in [0.1, 0.15) is 0 Å². The van der Waals surface area contributed by atoms with Crippen molar-refractivity contribution >= 4 is 23.3 Å². The van der Waals surface area contributed by atoms with Crippen molar-refractivity contribution in [2.75, 3.05) is 0 Å². The molecule has 0 aliphatic heterocycles. The smallest absolute Gasteiger partial charge is 0.00573 e.